The Balaban J connectivity index is 1.86. The topological polar surface area (TPSA) is 83.6 Å². The number of carbonyl (C=O) groups is 2. The van der Waals surface area contributed by atoms with Gasteiger partial charge in [0.2, 0.25) is 5.91 Å². The minimum atomic E-state index is -0.917. The first-order valence-corrected chi connectivity index (χ1v) is 7.02. The van der Waals surface area contributed by atoms with Gasteiger partial charge in [0.25, 0.3) is 0 Å². The average molecular weight is 302 g/mol. The van der Waals surface area contributed by atoms with Crippen LogP contribution in [-0.2, 0) is 16.0 Å². The lowest BCUT2D eigenvalue weighted by Crippen LogP contribution is -2.29. The van der Waals surface area contributed by atoms with Crippen LogP contribution in [-0.4, -0.2) is 40.5 Å². The van der Waals surface area contributed by atoms with Crippen LogP contribution in [0.1, 0.15) is 18.7 Å². The molecule has 0 aliphatic heterocycles. The molecule has 0 aliphatic carbocycles. The van der Waals surface area contributed by atoms with E-state index in [1.807, 2.05) is 30.3 Å². The predicted molar refractivity (Wildman–Crippen MR) is 80.1 cm³/mol. The molecule has 1 amide bonds. The molecular formula is C16H18N2O4. The van der Waals surface area contributed by atoms with Gasteiger partial charge >= 0.3 is 5.97 Å². The first-order chi connectivity index (χ1) is 10.6. The van der Waals surface area contributed by atoms with Crippen molar-refractivity contribution in [3.63, 3.8) is 0 Å². The Hall–Kier alpha value is -2.63. The van der Waals surface area contributed by atoms with Gasteiger partial charge in [0.1, 0.15) is 0 Å². The zero-order valence-electron chi connectivity index (χ0n) is 12.4. The number of aromatic nitrogens is 1. The highest BCUT2D eigenvalue weighted by Gasteiger charge is 2.13. The molecular weight excluding hydrogens is 284 g/mol. The van der Waals surface area contributed by atoms with E-state index in [1.54, 1.807) is 13.2 Å². The monoisotopic (exact) mass is 302 g/mol. The van der Waals surface area contributed by atoms with E-state index in [4.69, 9.17) is 9.52 Å². The Bertz CT molecular complexity index is 637. The zero-order chi connectivity index (χ0) is 15.9. The van der Waals surface area contributed by atoms with Gasteiger partial charge in [-0.05, 0) is 0 Å². The van der Waals surface area contributed by atoms with Gasteiger partial charge in [0.05, 0.1) is 12.6 Å². The first-order valence-electron chi connectivity index (χ1n) is 7.02. The van der Waals surface area contributed by atoms with E-state index in [0.29, 0.717) is 18.1 Å². The molecule has 0 saturated heterocycles. The lowest BCUT2D eigenvalue weighted by molar-refractivity contribution is -0.138. The number of carboxylic acid groups (broad SMARTS) is 1. The van der Waals surface area contributed by atoms with E-state index < -0.39 is 5.97 Å². The normalized spacial score (nSPS) is 10.4. The average Bonchev–Trinajstić information content (AvgIpc) is 3.00. The van der Waals surface area contributed by atoms with Crippen molar-refractivity contribution in [3.8, 4) is 11.3 Å². The second-order valence-electron chi connectivity index (χ2n) is 4.94. The molecule has 2 rings (SSSR count). The first kappa shape index (κ1) is 15.8. The molecule has 0 saturated carbocycles. The SMILES string of the molecule is CN(CCC(=O)O)C(=O)CCc1ncc(-c2ccccc2)o1. The third-order valence-electron chi connectivity index (χ3n) is 3.25. The number of nitrogens with zero attached hydrogens (tertiary/aromatic N) is 2. The van der Waals surface area contributed by atoms with Crippen molar-refractivity contribution in [1.29, 1.82) is 0 Å². The smallest absolute Gasteiger partial charge is 0.305 e. The molecule has 0 fully saturated rings. The molecule has 1 heterocycles. The third kappa shape index (κ3) is 4.44. The van der Waals surface area contributed by atoms with Crippen LogP contribution < -0.4 is 0 Å². The maximum atomic E-state index is 11.9. The second kappa shape index (κ2) is 7.40. The van der Waals surface area contributed by atoms with E-state index in [0.717, 1.165) is 5.56 Å². The fraction of sp³-hybridized carbons (Fsp3) is 0.312. The minimum Gasteiger partial charge on any atom is -0.481 e. The minimum absolute atomic E-state index is 0.0562. The van der Waals surface area contributed by atoms with E-state index in [1.165, 1.54) is 4.90 Å². The van der Waals surface area contributed by atoms with Gasteiger partial charge < -0.3 is 14.4 Å². The summed E-state index contributed by atoms with van der Waals surface area (Å²) in [5.41, 5.74) is 0.936. The van der Waals surface area contributed by atoms with Crippen LogP contribution in [0.15, 0.2) is 40.9 Å². The molecule has 6 nitrogen and oxygen atoms in total. The molecule has 0 radical (unpaired) electrons. The van der Waals surface area contributed by atoms with Gasteiger partial charge in [0, 0.05) is 32.0 Å². The summed E-state index contributed by atoms with van der Waals surface area (Å²) in [6.07, 6.45) is 2.22. The highest BCUT2D eigenvalue weighted by Crippen LogP contribution is 2.20. The number of hydrogen-bond acceptors (Lipinski definition) is 4. The van der Waals surface area contributed by atoms with Crippen molar-refractivity contribution in [2.45, 2.75) is 19.3 Å². The van der Waals surface area contributed by atoms with Gasteiger partial charge in [0.15, 0.2) is 11.7 Å². The lowest BCUT2D eigenvalue weighted by atomic mass is 10.2. The van der Waals surface area contributed by atoms with Crippen LogP contribution in [0.5, 0.6) is 0 Å². The van der Waals surface area contributed by atoms with Crippen molar-refractivity contribution in [3.05, 3.63) is 42.4 Å². The number of aryl methyl sites for hydroxylation is 1. The van der Waals surface area contributed by atoms with Crippen LogP contribution in [0.4, 0.5) is 0 Å². The largest absolute Gasteiger partial charge is 0.481 e. The maximum absolute atomic E-state index is 11.9. The highest BCUT2D eigenvalue weighted by atomic mass is 16.4. The third-order valence-corrected chi connectivity index (χ3v) is 3.25. The molecule has 0 bridgehead atoms. The molecule has 1 N–H and O–H groups in total. The summed E-state index contributed by atoms with van der Waals surface area (Å²) >= 11 is 0. The Morgan fingerprint density at radius 3 is 2.64 bits per heavy atom. The number of benzene rings is 1. The summed E-state index contributed by atoms with van der Waals surface area (Å²) in [4.78, 5) is 27.9. The van der Waals surface area contributed by atoms with Gasteiger partial charge in [-0.1, -0.05) is 30.3 Å². The van der Waals surface area contributed by atoms with E-state index in [2.05, 4.69) is 4.98 Å². The fourth-order valence-electron chi connectivity index (χ4n) is 1.95. The van der Waals surface area contributed by atoms with Gasteiger partial charge in [-0.15, -0.1) is 0 Å². The van der Waals surface area contributed by atoms with E-state index in [9.17, 15) is 9.59 Å². The standard InChI is InChI=1S/C16H18N2O4/c1-18(10-9-16(20)21)15(19)8-7-14-17-11-13(22-14)12-5-3-2-4-6-12/h2-6,11H,7-10H2,1H3,(H,20,21). The number of oxazole rings is 1. The van der Waals surface area contributed by atoms with Gasteiger partial charge in [-0.3, -0.25) is 9.59 Å². The van der Waals surface area contributed by atoms with Gasteiger partial charge in [-0.2, -0.15) is 0 Å². The number of amides is 1. The molecule has 1 aromatic heterocycles. The van der Waals surface area contributed by atoms with Gasteiger partial charge in [-0.25, -0.2) is 4.98 Å². The number of carboxylic acids is 1. The Kier molecular flexibility index (Phi) is 5.30. The molecule has 0 spiro atoms. The van der Waals surface area contributed by atoms with E-state index >= 15 is 0 Å². The van der Waals surface area contributed by atoms with Crippen molar-refractivity contribution in [2.75, 3.05) is 13.6 Å². The van der Waals surface area contributed by atoms with Crippen molar-refractivity contribution in [1.82, 2.24) is 9.88 Å². The van der Waals surface area contributed by atoms with Crippen LogP contribution in [0.3, 0.4) is 0 Å². The predicted octanol–water partition coefficient (Wildman–Crippen LogP) is 2.21. The molecule has 1 aromatic carbocycles. The number of aliphatic carboxylic acids is 1. The maximum Gasteiger partial charge on any atom is 0.305 e. The number of carbonyl (C=O) groups excluding carboxylic acids is 1. The number of hydrogen-bond donors (Lipinski definition) is 1. The fourth-order valence-corrected chi connectivity index (χ4v) is 1.95. The Morgan fingerprint density at radius 1 is 1.23 bits per heavy atom. The van der Waals surface area contributed by atoms with E-state index in [-0.39, 0.29) is 25.3 Å². The molecule has 2 aromatic rings. The molecule has 22 heavy (non-hydrogen) atoms. The second-order valence-corrected chi connectivity index (χ2v) is 4.94. The highest BCUT2D eigenvalue weighted by molar-refractivity contribution is 5.76. The summed E-state index contributed by atoms with van der Waals surface area (Å²) in [7, 11) is 1.59. The van der Waals surface area contributed by atoms with Crippen molar-refractivity contribution < 1.29 is 19.1 Å². The molecule has 0 unspecified atom stereocenters. The summed E-state index contributed by atoms with van der Waals surface area (Å²) in [6, 6.07) is 9.60. The van der Waals surface area contributed by atoms with Crippen molar-refractivity contribution in [2.24, 2.45) is 0 Å². The number of rotatable bonds is 7. The Labute approximate surface area is 128 Å². The molecule has 0 aliphatic rings. The lowest BCUT2D eigenvalue weighted by Gasteiger charge is -2.15. The zero-order valence-corrected chi connectivity index (χ0v) is 12.4. The summed E-state index contributed by atoms with van der Waals surface area (Å²) < 4.78 is 5.62. The van der Waals surface area contributed by atoms with Crippen molar-refractivity contribution >= 4 is 11.9 Å². The summed E-state index contributed by atoms with van der Waals surface area (Å²) in [5.74, 6) is 0.127. The molecule has 6 heteroatoms. The summed E-state index contributed by atoms with van der Waals surface area (Å²) in [6.45, 7) is 0.203. The van der Waals surface area contributed by atoms with Crippen LogP contribution in [0.25, 0.3) is 11.3 Å². The van der Waals surface area contributed by atoms with Crippen LogP contribution in [0, 0.1) is 0 Å². The van der Waals surface area contributed by atoms with Crippen LogP contribution >= 0.6 is 0 Å². The summed E-state index contributed by atoms with van der Waals surface area (Å²) in [5, 5.41) is 8.60. The quantitative estimate of drug-likeness (QED) is 0.847. The Morgan fingerprint density at radius 2 is 1.95 bits per heavy atom. The molecule has 116 valence electrons. The molecule has 0 atom stereocenters. The van der Waals surface area contributed by atoms with Crippen LogP contribution in [0.2, 0.25) is 0 Å².